The summed E-state index contributed by atoms with van der Waals surface area (Å²) in [6.45, 7) is 6.91. The number of halogens is 2. The van der Waals surface area contributed by atoms with Crippen LogP contribution in [0.1, 0.15) is 33.3 Å². The Morgan fingerprint density at radius 3 is 2.29 bits per heavy atom. The number of nitrogens with zero attached hydrogens (tertiary/aromatic N) is 1. The summed E-state index contributed by atoms with van der Waals surface area (Å²) in [6, 6.07) is 1.99. The van der Waals surface area contributed by atoms with Crippen molar-refractivity contribution in [2.24, 2.45) is 5.92 Å². The molecule has 1 N–H and O–H groups in total. The summed E-state index contributed by atoms with van der Waals surface area (Å²) in [5, 5.41) is 9.20. The lowest BCUT2D eigenvalue weighted by Gasteiger charge is -2.28. The van der Waals surface area contributed by atoms with Crippen molar-refractivity contribution in [3.8, 4) is 0 Å². The van der Waals surface area contributed by atoms with E-state index in [9.17, 15) is 12.8 Å². The van der Waals surface area contributed by atoms with Crippen molar-refractivity contribution >= 4 is 21.6 Å². The van der Waals surface area contributed by atoms with Crippen molar-refractivity contribution in [1.29, 1.82) is 0 Å². The zero-order chi connectivity index (χ0) is 16.4. The monoisotopic (exact) mass is 337 g/mol. The first-order valence-corrected chi connectivity index (χ1v) is 8.53. The highest BCUT2D eigenvalue weighted by Crippen LogP contribution is 2.28. The van der Waals surface area contributed by atoms with Crippen LogP contribution in [0.25, 0.3) is 0 Å². The van der Waals surface area contributed by atoms with E-state index in [4.69, 9.17) is 16.7 Å². The molecule has 0 amide bonds. The van der Waals surface area contributed by atoms with E-state index < -0.39 is 27.3 Å². The van der Waals surface area contributed by atoms with E-state index in [1.165, 1.54) is 10.4 Å². The molecule has 0 spiro atoms. The van der Waals surface area contributed by atoms with Crippen LogP contribution in [-0.2, 0) is 16.6 Å². The maximum absolute atomic E-state index is 14.3. The third-order valence-corrected chi connectivity index (χ3v) is 5.22. The Balaban J connectivity index is 3.44. The average molecular weight is 338 g/mol. The largest absolute Gasteiger partial charge is 0.392 e. The maximum atomic E-state index is 14.3. The SMILES string of the molecule is CC(C)CN(C(C)C)S(=O)(=O)c1cc(Cl)cc(CO)c1F. The van der Waals surface area contributed by atoms with Crippen LogP contribution in [0.4, 0.5) is 4.39 Å². The molecule has 0 aliphatic rings. The van der Waals surface area contributed by atoms with Crippen molar-refractivity contribution in [3.63, 3.8) is 0 Å². The Morgan fingerprint density at radius 2 is 1.86 bits per heavy atom. The summed E-state index contributed by atoms with van der Waals surface area (Å²) < 4.78 is 40.9. The lowest BCUT2D eigenvalue weighted by Crippen LogP contribution is -2.39. The highest BCUT2D eigenvalue weighted by molar-refractivity contribution is 7.89. The Labute approximate surface area is 130 Å². The van der Waals surface area contributed by atoms with Crippen molar-refractivity contribution in [1.82, 2.24) is 4.31 Å². The van der Waals surface area contributed by atoms with Gasteiger partial charge in [-0.1, -0.05) is 25.4 Å². The smallest absolute Gasteiger partial charge is 0.246 e. The minimum Gasteiger partial charge on any atom is -0.392 e. The van der Waals surface area contributed by atoms with Crippen molar-refractivity contribution < 1.29 is 17.9 Å². The van der Waals surface area contributed by atoms with Crippen LogP contribution < -0.4 is 0 Å². The van der Waals surface area contributed by atoms with E-state index in [1.807, 2.05) is 13.8 Å². The van der Waals surface area contributed by atoms with Gasteiger partial charge in [-0.25, -0.2) is 12.8 Å². The number of benzene rings is 1. The average Bonchev–Trinajstić information content (AvgIpc) is 2.37. The zero-order valence-corrected chi connectivity index (χ0v) is 14.2. The molecular formula is C14H21ClFNO3S. The first-order valence-electron chi connectivity index (χ1n) is 6.71. The van der Waals surface area contributed by atoms with Crippen LogP contribution in [0.3, 0.4) is 0 Å². The van der Waals surface area contributed by atoms with Crippen molar-refractivity contribution in [2.75, 3.05) is 6.54 Å². The molecule has 7 heteroatoms. The Kier molecular flexibility index (Phi) is 6.16. The van der Waals surface area contributed by atoms with Crippen LogP contribution in [0.5, 0.6) is 0 Å². The Hall–Kier alpha value is -0.690. The molecule has 0 atom stereocenters. The molecule has 0 saturated heterocycles. The van der Waals surface area contributed by atoms with Gasteiger partial charge in [-0.05, 0) is 31.9 Å². The number of aliphatic hydroxyl groups excluding tert-OH is 1. The van der Waals surface area contributed by atoms with Crippen LogP contribution in [0.2, 0.25) is 5.02 Å². The third-order valence-electron chi connectivity index (χ3n) is 2.96. The summed E-state index contributed by atoms with van der Waals surface area (Å²) in [5.74, 6) is -0.849. The second kappa shape index (κ2) is 7.05. The number of aliphatic hydroxyl groups is 1. The molecule has 0 heterocycles. The minimum absolute atomic E-state index is 0.0762. The topological polar surface area (TPSA) is 57.6 Å². The van der Waals surface area contributed by atoms with Gasteiger partial charge < -0.3 is 5.11 Å². The second-order valence-corrected chi connectivity index (χ2v) is 7.89. The molecule has 0 fully saturated rings. The fraction of sp³-hybridized carbons (Fsp3) is 0.571. The van der Waals surface area contributed by atoms with Gasteiger partial charge in [0.2, 0.25) is 10.0 Å². The van der Waals surface area contributed by atoms with Gasteiger partial charge in [0.25, 0.3) is 0 Å². The quantitative estimate of drug-likeness (QED) is 0.868. The summed E-state index contributed by atoms with van der Waals surface area (Å²) in [5.41, 5.74) is -0.130. The van der Waals surface area contributed by atoms with E-state index in [-0.39, 0.29) is 29.1 Å². The Bertz CT molecular complexity index is 602. The molecular weight excluding hydrogens is 317 g/mol. The molecule has 0 aliphatic carbocycles. The van der Waals surface area contributed by atoms with Gasteiger partial charge in [0.05, 0.1) is 6.61 Å². The third kappa shape index (κ3) is 4.16. The predicted molar refractivity (Wildman–Crippen MR) is 81.2 cm³/mol. The molecule has 0 unspecified atom stereocenters. The van der Waals surface area contributed by atoms with Crippen LogP contribution >= 0.6 is 11.6 Å². The number of rotatable bonds is 6. The Morgan fingerprint density at radius 1 is 1.29 bits per heavy atom. The summed E-state index contributed by atoms with van der Waals surface area (Å²) in [6.07, 6.45) is 0. The molecule has 1 rings (SSSR count). The van der Waals surface area contributed by atoms with Gasteiger partial charge in [-0.15, -0.1) is 0 Å². The lowest BCUT2D eigenvalue weighted by atomic mass is 10.2. The fourth-order valence-corrected chi connectivity index (χ4v) is 4.23. The van der Waals surface area contributed by atoms with Crippen LogP contribution in [-0.4, -0.2) is 30.4 Å². The van der Waals surface area contributed by atoms with E-state index in [0.29, 0.717) is 0 Å². The summed E-state index contributed by atoms with van der Waals surface area (Å²) >= 11 is 5.84. The zero-order valence-electron chi connectivity index (χ0n) is 12.6. The van der Waals surface area contributed by atoms with Gasteiger partial charge in [0.15, 0.2) is 0 Å². The molecule has 1 aromatic carbocycles. The molecule has 0 bridgehead atoms. The molecule has 0 aromatic heterocycles. The first-order chi connectivity index (χ1) is 9.61. The lowest BCUT2D eigenvalue weighted by molar-refractivity contribution is 0.274. The highest BCUT2D eigenvalue weighted by atomic mass is 35.5. The van der Waals surface area contributed by atoms with Gasteiger partial charge in [0, 0.05) is 23.2 Å². The normalized spacial score (nSPS) is 12.7. The van der Waals surface area contributed by atoms with Crippen molar-refractivity contribution in [3.05, 3.63) is 28.5 Å². The van der Waals surface area contributed by atoms with E-state index >= 15 is 0 Å². The molecule has 21 heavy (non-hydrogen) atoms. The number of hydrogen-bond donors (Lipinski definition) is 1. The maximum Gasteiger partial charge on any atom is 0.246 e. The van der Waals surface area contributed by atoms with Crippen molar-refractivity contribution in [2.45, 2.75) is 45.2 Å². The van der Waals surface area contributed by atoms with E-state index in [2.05, 4.69) is 0 Å². The molecule has 0 radical (unpaired) electrons. The molecule has 0 aliphatic heterocycles. The highest BCUT2D eigenvalue weighted by Gasteiger charge is 2.31. The molecule has 120 valence electrons. The summed E-state index contributed by atoms with van der Waals surface area (Å²) in [4.78, 5) is -0.492. The first kappa shape index (κ1) is 18.4. The van der Waals surface area contributed by atoms with E-state index in [1.54, 1.807) is 13.8 Å². The van der Waals surface area contributed by atoms with Crippen LogP contribution in [0.15, 0.2) is 17.0 Å². The molecule has 1 aromatic rings. The van der Waals surface area contributed by atoms with Gasteiger partial charge in [-0.3, -0.25) is 0 Å². The van der Waals surface area contributed by atoms with E-state index in [0.717, 1.165) is 6.07 Å². The second-order valence-electron chi connectivity index (χ2n) is 5.60. The standard InChI is InChI=1S/C14H21ClFNO3S/c1-9(2)7-17(10(3)4)21(19,20)13-6-12(15)5-11(8-18)14(13)16/h5-6,9-10,18H,7-8H2,1-4H3. The van der Waals surface area contributed by atoms with Crippen LogP contribution in [0, 0.1) is 11.7 Å². The van der Waals surface area contributed by atoms with Gasteiger partial charge >= 0.3 is 0 Å². The molecule has 0 saturated carbocycles. The predicted octanol–water partition coefficient (Wildman–Crippen LogP) is 3.03. The number of sulfonamides is 1. The minimum atomic E-state index is -4.02. The van der Waals surface area contributed by atoms with Gasteiger partial charge in [0.1, 0.15) is 10.7 Å². The van der Waals surface area contributed by atoms with Gasteiger partial charge in [-0.2, -0.15) is 4.31 Å². The summed E-state index contributed by atoms with van der Waals surface area (Å²) in [7, 11) is -4.02. The molecule has 4 nitrogen and oxygen atoms in total. The fourth-order valence-electron chi connectivity index (χ4n) is 1.99. The number of hydrogen-bond acceptors (Lipinski definition) is 3.